The normalized spacial score (nSPS) is 10.8. The van der Waals surface area contributed by atoms with Gasteiger partial charge in [-0.25, -0.2) is 4.98 Å². The van der Waals surface area contributed by atoms with E-state index in [-0.39, 0.29) is 5.91 Å². The molecule has 124 valence electrons. The minimum absolute atomic E-state index is 0.138. The van der Waals surface area contributed by atoms with Gasteiger partial charge in [-0.1, -0.05) is 13.3 Å². The predicted molar refractivity (Wildman–Crippen MR) is 99.2 cm³/mol. The zero-order valence-electron chi connectivity index (χ0n) is 13.8. The number of carbonyl (C=O) groups excluding carboxylic acids is 1. The van der Waals surface area contributed by atoms with Crippen LogP contribution in [0, 0.1) is 6.92 Å². The first-order valence-electron chi connectivity index (χ1n) is 8.07. The van der Waals surface area contributed by atoms with Crippen molar-refractivity contribution in [3.63, 3.8) is 0 Å². The second-order valence-corrected chi connectivity index (χ2v) is 6.83. The topological polar surface area (TPSA) is 51.2 Å². The molecule has 0 saturated carbocycles. The van der Waals surface area contributed by atoms with Crippen LogP contribution in [0.1, 0.15) is 35.1 Å². The van der Waals surface area contributed by atoms with Crippen molar-refractivity contribution in [2.24, 2.45) is 0 Å². The average Bonchev–Trinajstić information content (AvgIpc) is 2.95. The van der Waals surface area contributed by atoms with E-state index in [1.54, 1.807) is 23.5 Å². The number of thiazole rings is 1. The minimum atomic E-state index is -0.138. The van der Waals surface area contributed by atoms with Crippen LogP contribution in [0.4, 0.5) is 5.69 Å². The molecule has 0 radical (unpaired) electrons. The van der Waals surface area contributed by atoms with Gasteiger partial charge in [0.25, 0.3) is 5.91 Å². The van der Waals surface area contributed by atoms with E-state index in [2.05, 4.69) is 17.2 Å². The van der Waals surface area contributed by atoms with Crippen molar-refractivity contribution in [1.82, 2.24) is 4.98 Å². The van der Waals surface area contributed by atoms with Gasteiger partial charge in [-0.3, -0.25) is 4.79 Å². The molecule has 1 amide bonds. The molecule has 1 N–H and O–H groups in total. The Kier molecular flexibility index (Phi) is 5.11. The van der Waals surface area contributed by atoms with Crippen LogP contribution in [0.15, 0.2) is 42.5 Å². The number of aryl methyl sites for hydroxylation is 1. The summed E-state index contributed by atoms with van der Waals surface area (Å²) in [5.41, 5.74) is 2.27. The molecule has 1 aromatic heterocycles. The molecule has 0 fully saturated rings. The van der Waals surface area contributed by atoms with E-state index in [4.69, 9.17) is 4.74 Å². The number of nitrogens with zero attached hydrogens (tertiary/aromatic N) is 1. The van der Waals surface area contributed by atoms with E-state index in [1.165, 1.54) is 0 Å². The molecule has 0 spiro atoms. The molecule has 0 aliphatic rings. The summed E-state index contributed by atoms with van der Waals surface area (Å²) >= 11 is 1.65. The van der Waals surface area contributed by atoms with E-state index in [1.807, 2.05) is 37.3 Å². The fourth-order valence-corrected chi connectivity index (χ4v) is 3.17. The highest BCUT2D eigenvalue weighted by Crippen LogP contribution is 2.24. The number of unbranched alkanes of at least 4 members (excludes halogenated alkanes) is 1. The average molecular weight is 340 g/mol. The van der Waals surface area contributed by atoms with E-state index in [0.717, 1.165) is 39.5 Å². The molecule has 0 atom stereocenters. The maximum atomic E-state index is 12.4. The smallest absolute Gasteiger partial charge is 0.255 e. The summed E-state index contributed by atoms with van der Waals surface area (Å²) in [6.45, 7) is 4.81. The predicted octanol–water partition coefficient (Wildman–Crippen LogP) is 5.04. The molecule has 2 aromatic carbocycles. The van der Waals surface area contributed by atoms with Crippen LogP contribution in [0.25, 0.3) is 10.2 Å². The second kappa shape index (κ2) is 7.45. The molecule has 3 rings (SSSR count). The molecule has 0 saturated heterocycles. The number of benzene rings is 2. The molecule has 0 aliphatic heterocycles. The highest BCUT2D eigenvalue weighted by Gasteiger charge is 2.08. The monoisotopic (exact) mass is 340 g/mol. The molecule has 3 aromatic rings. The highest BCUT2D eigenvalue weighted by molar-refractivity contribution is 7.18. The third-order valence-electron chi connectivity index (χ3n) is 3.64. The molecule has 0 unspecified atom stereocenters. The van der Waals surface area contributed by atoms with Crippen molar-refractivity contribution >= 4 is 33.1 Å². The van der Waals surface area contributed by atoms with Gasteiger partial charge in [0.15, 0.2) is 0 Å². The number of hydrogen-bond acceptors (Lipinski definition) is 4. The van der Waals surface area contributed by atoms with Crippen LogP contribution in [0.2, 0.25) is 0 Å². The Morgan fingerprint density at radius 3 is 2.75 bits per heavy atom. The number of aromatic nitrogens is 1. The Balaban J connectivity index is 1.66. The van der Waals surface area contributed by atoms with Crippen LogP contribution < -0.4 is 10.1 Å². The van der Waals surface area contributed by atoms with Crippen LogP contribution in [0.3, 0.4) is 0 Å². The molecular formula is C19H20N2O2S. The number of rotatable bonds is 6. The fraction of sp³-hybridized carbons (Fsp3) is 0.263. The van der Waals surface area contributed by atoms with Crippen molar-refractivity contribution in [2.45, 2.75) is 26.7 Å². The fourth-order valence-electron chi connectivity index (χ4n) is 2.36. The zero-order valence-corrected chi connectivity index (χ0v) is 14.7. The first kappa shape index (κ1) is 16.5. The number of ether oxygens (including phenoxy) is 1. The second-order valence-electron chi connectivity index (χ2n) is 5.60. The summed E-state index contributed by atoms with van der Waals surface area (Å²) < 4.78 is 6.74. The van der Waals surface area contributed by atoms with E-state index < -0.39 is 0 Å². The van der Waals surface area contributed by atoms with Crippen LogP contribution in [-0.2, 0) is 0 Å². The maximum absolute atomic E-state index is 12.4. The lowest BCUT2D eigenvalue weighted by molar-refractivity contribution is 0.102. The maximum Gasteiger partial charge on any atom is 0.255 e. The van der Waals surface area contributed by atoms with E-state index in [0.29, 0.717) is 12.2 Å². The molecule has 24 heavy (non-hydrogen) atoms. The molecule has 0 aliphatic carbocycles. The van der Waals surface area contributed by atoms with Gasteiger partial charge in [0.2, 0.25) is 0 Å². The van der Waals surface area contributed by atoms with Gasteiger partial charge in [0.05, 0.1) is 21.8 Å². The summed E-state index contributed by atoms with van der Waals surface area (Å²) in [6.07, 6.45) is 2.13. The Morgan fingerprint density at radius 1 is 1.21 bits per heavy atom. The molecule has 1 heterocycles. The number of anilines is 1. The van der Waals surface area contributed by atoms with Crippen molar-refractivity contribution in [2.75, 3.05) is 11.9 Å². The van der Waals surface area contributed by atoms with Gasteiger partial charge in [-0.2, -0.15) is 0 Å². The highest BCUT2D eigenvalue weighted by atomic mass is 32.1. The van der Waals surface area contributed by atoms with Crippen molar-refractivity contribution in [3.05, 3.63) is 53.0 Å². The number of nitrogens with one attached hydrogen (secondary N) is 1. The van der Waals surface area contributed by atoms with E-state index in [9.17, 15) is 4.79 Å². The summed E-state index contributed by atoms with van der Waals surface area (Å²) in [4.78, 5) is 16.8. The standard InChI is InChI=1S/C19H20N2O2S/c1-3-4-11-23-16-8-5-14(6-9-16)19(22)21-15-7-10-18-17(12-15)20-13(2)24-18/h5-10,12H,3-4,11H2,1-2H3,(H,21,22). The number of hydrogen-bond donors (Lipinski definition) is 1. The van der Waals surface area contributed by atoms with Gasteiger partial charge >= 0.3 is 0 Å². The Bertz CT molecular complexity index is 840. The van der Waals surface area contributed by atoms with Gasteiger partial charge < -0.3 is 10.1 Å². The van der Waals surface area contributed by atoms with E-state index >= 15 is 0 Å². The molecule has 5 heteroatoms. The summed E-state index contributed by atoms with van der Waals surface area (Å²) in [7, 11) is 0. The Morgan fingerprint density at radius 2 is 2.00 bits per heavy atom. The lowest BCUT2D eigenvalue weighted by atomic mass is 10.2. The molecule has 4 nitrogen and oxygen atoms in total. The molecular weight excluding hydrogens is 320 g/mol. The van der Waals surface area contributed by atoms with Crippen LogP contribution in [0.5, 0.6) is 5.75 Å². The van der Waals surface area contributed by atoms with Crippen LogP contribution in [-0.4, -0.2) is 17.5 Å². The van der Waals surface area contributed by atoms with Crippen LogP contribution >= 0.6 is 11.3 Å². The first-order valence-corrected chi connectivity index (χ1v) is 8.89. The first-order chi connectivity index (χ1) is 11.7. The summed E-state index contributed by atoms with van der Waals surface area (Å²) in [5.74, 6) is 0.653. The van der Waals surface area contributed by atoms with Crippen molar-refractivity contribution in [1.29, 1.82) is 0 Å². The van der Waals surface area contributed by atoms with Gasteiger partial charge in [0, 0.05) is 11.3 Å². The third-order valence-corrected chi connectivity index (χ3v) is 4.59. The van der Waals surface area contributed by atoms with Gasteiger partial charge in [-0.05, 0) is 55.8 Å². The molecule has 0 bridgehead atoms. The number of fused-ring (bicyclic) bond motifs is 1. The SMILES string of the molecule is CCCCOc1ccc(C(=O)Nc2ccc3sc(C)nc3c2)cc1. The van der Waals surface area contributed by atoms with Gasteiger partial charge in [0.1, 0.15) is 5.75 Å². The Hall–Kier alpha value is -2.40. The number of carbonyl (C=O) groups is 1. The van der Waals surface area contributed by atoms with Gasteiger partial charge in [-0.15, -0.1) is 11.3 Å². The lowest BCUT2D eigenvalue weighted by Crippen LogP contribution is -2.11. The Labute approximate surface area is 145 Å². The summed E-state index contributed by atoms with van der Waals surface area (Å²) in [6, 6.07) is 13.0. The largest absolute Gasteiger partial charge is 0.494 e. The minimum Gasteiger partial charge on any atom is -0.494 e. The van der Waals surface area contributed by atoms with Crippen molar-refractivity contribution < 1.29 is 9.53 Å². The van der Waals surface area contributed by atoms with Crippen molar-refractivity contribution in [3.8, 4) is 5.75 Å². The lowest BCUT2D eigenvalue weighted by Gasteiger charge is -2.07. The quantitative estimate of drug-likeness (QED) is 0.640. The third kappa shape index (κ3) is 3.92. The summed E-state index contributed by atoms with van der Waals surface area (Å²) in [5, 5.41) is 3.94. The zero-order chi connectivity index (χ0) is 16.9. The number of amides is 1.